The molecule has 4 nitrogen and oxygen atoms in total. The summed E-state index contributed by atoms with van der Waals surface area (Å²) in [7, 11) is 0. The molecule has 1 aromatic rings. The molecule has 0 heterocycles. The van der Waals surface area contributed by atoms with Gasteiger partial charge in [-0.3, -0.25) is 4.79 Å². The minimum Gasteiger partial charge on any atom is -0.452 e. The van der Waals surface area contributed by atoms with Crippen LogP contribution in [0.15, 0.2) is 18.2 Å². The Bertz CT molecular complexity index is 591. The Hall–Kier alpha value is -1.26. The highest BCUT2D eigenvalue weighted by molar-refractivity contribution is 6.35. The van der Waals surface area contributed by atoms with Crippen LogP contribution >= 0.6 is 23.2 Å². The van der Waals surface area contributed by atoms with Crippen LogP contribution in [0.2, 0.25) is 10.0 Å². The number of amides is 1. The maximum Gasteiger partial charge on any atom is 0.340 e. The minimum absolute atomic E-state index is 0.139. The van der Waals surface area contributed by atoms with E-state index in [-0.39, 0.29) is 29.1 Å². The van der Waals surface area contributed by atoms with Crippen LogP contribution in [-0.2, 0) is 9.53 Å². The molecule has 1 fully saturated rings. The van der Waals surface area contributed by atoms with Crippen molar-refractivity contribution in [3.63, 3.8) is 0 Å². The Kier molecular flexibility index (Phi) is 6.31. The molecule has 1 amide bonds. The minimum atomic E-state index is -0.655. The fourth-order valence-electron chi connectivity index (χ4n) is 2.90. The number of halogens is 2. The summed E-state index contributed by atoms with van der Waals surface area (Å²) in [6.45, 7) is 4.02. The number of nitrogens with one attached hydrogen (secondary N) is 1. The third-order valence-electron chi connectivity index (χ3n) is 4.54. The zero-order valence-corrected chi connectivity index (χ0v) is 14.8. The number of ether oxygens (including phenoxy) is 1. The monoisotopic (exact) mass is 357 g/mol. The van der Waals surface area contributed by atoms with E-state index >= 15 is 0 Å². The molecule has 1 N–H and O–H groups in total. The molecule has 23 heavy (non-hydrogen) atoms. The smallest absolute Gasteiger partial charge is 0.340 e. The lowest BCUT2D eigenvalue weighted by molar-refractivity contribution is -0.125. The first-order valence-corrected chi connectivity index (χ1v) is 8.55. The molecular weight excluding hydrogens is 337 g/mol. The van der Waals surface area contributed by atoms with Gasteiger partial charge in [0.1, 0.15) is 0 Å². The highest BCUT2D eigenvalue weighted by atomic mass is 35.5. The van der Waals surface area contributed by atoms with Crippen molar-refractivity contribution in [1.29, 1.82) is 0 Å². The average Bonchev–Trinajstić information content (AvgIpc) is 2.52. The number of rotatable bonds is 4. The Labute approximate surface area is 146 Å². The zero-order valence-electron chi connectivity index (χ0n) is 13.3. The lowest BCUT2D eigenvalue weighted by Gasteiger charge is -2.34. The van der Waals surface area contributed by atoms with Crippen molar-refractivity contribution in [3.8, 4) is 0 Å². The molecule has 1 aromatic carbocycles. The van der Waals surface area contributed by atoms with Gasteiger partial charge in [-0.1, -0.05) is 49.9 Å². The van der Waals surface area contributed by atoms with Crippen LogP contribution in [0.3, 0.4) is 0 Å². The van der Waals surface area contributed by atoms with Gasteiger partial charge >= 0.3 is 5.97 Å². The van der Waals surface area contributed by atoms with Crippen LogP contribution < -0.4 is 5.32 Å². The van der Waals surface area contributed by atoms with Crippen molar-refractivity contribution in [3.05, 3.63) is 33.8 Å². The Balaban J connectivity index is 1.86. The van der Waals surface area contributed by atoms with Gasteiger partial charge in [-0.25, -0.2) is 4.79 Å². The summed E-state index contributed by atoms with van der Waals surface area (Å²) >= 11 is 11.8. The van der Waals surface area contributed by atoms with E-state index < -0.39 is 5.97 Å². The predicted octanol–water partition coefficient (Wildman–Crippen LogP) is 4.09. The molecule has 2 rings (SSSR count). The molecule has 0 aromatic heterocycles. The van der Waals surface area contributed by atoms with Gasteiger partial charge < -0.3 is 10.1 Å². The lowest BCUT2D eigenvalue weighted by atomic mass is 9.78. The van der Waals surface area contributed by atoms with Crippen LogP contribution in [0.1, 0.15) is 43.5 Å². The molecule has 1 saturated carbocycles. The second kappa shape index (κ2) is 8.02. The number of carbonyl (C=O) groups excluding carboxylic acids is 2. The Morgan fingerprint density at radius 3 is 2.74 bits per heavy atom. The highest BCUT2D eigenvalue weighted by Crippen LogP contribution is 2.29. The predicted molar refractivity (Wildman–Crippen MR) is 90.9 cm³/mol. The average molecular weight is 358 g/mol. The second-order valence-corrected chi connectivity index (χ2v) is 6.99. The van der Waals surface area contributed by atoms with Gasteiger partial charge in [0.2, 0.25) is 0 Å². The highest BCUT2D eigenvalue weighted by Gasteiger charge is 2.28. The third kappa shape index (κ3) is 4.85. The molecule has 0 aliphatic heterocycles. The van der Waals surface area contributed by atoms with Gasteiger partial charge in [-0.05, 0) is 36.5 Å². The fraction of sp³-hybridized carbons (Fsp3) is 0.529. The van der Waals surface area contributed by atoms with Crippen molar-refractivity contribution in [2.45, 2.75) is 39.2 Å². The second-order valence-electron chi connectivity index (χ2n) is 6.14. The molecule has 6 heteroatoms. The summed E-state index contributed by atoms with van der Waals surface area (Å²) in [6, 6.07) is 4.67. The van der Waals surface area contributed by atoms with Crippen LogP contribution in [0, 0.1) is 11.8 Å². The normalized spacial score (nSPS) is 24.1. The molecule has 0 saturated heterocycles. The maximum atomic E-state index is 12.0. The topological polar surface area (TPSA) is 55.4 Å². The van der Waals surface area contributed by atoms with E-state index in [1.54, 1.807) is 6.07 Å². The van der Waals surface area contributed by atoms with Crippen LogP contribution in [-0.4, -0.2) is 24.5 Å². The van der Waals surface area contributed by atoms with E-state index in [1.807, 2.05) is 0 Å². The quantitative estimate of drug-likeness (QED) is 0.825. The van der Waals surface area contributed by atoms with Crippen molar-refractivity contribution in [2.24, 2.45) is 11.8 Å². The summed E-state index contributed by atoms with van der Waals surface area (Å²) in [5.41, 5.74) is 0.159. The summed E-state index contributed by atoms with van der Waals surface area (Å²) < 4.78 is 5.04. The van der Waals surface area contributed by atoms with Gasteiger partial charge in [0, 0.05) is 11.1 Å². The Morgan fingerprint density at radius 2 is 2.00 bits per heavy atom. The lowest BCUT2D eigenvalue weighted by Crippen LogP contribution is -2.45. The van der Waals surface area contributed by atoms with E-state index in [9.17, 15) is 9.59 Å². The summed E-state index contributed by atoms with van der Waals surface area (Å²) in [5, 5.41) is 3.59. The molecular formula is C17H21Cl2NO3. The number of hydrogen-bond acceptors (Lipinski definition) is 3. The van der Waals surface area contributed by atoms with E-state index in [4.69, 9.17) is 27.9 Å². The maximum absolute atomic E-state index is 12.0. The first-order valence-electron chi connectivity index (χ1n) is 7.80. The third-order valence-corrected chi connectivity index (χ3v) is 5.10. The largest absolute Gasteiger partial charge is 0.452 e. The fourth-order valence-corrected chi connectivity index (χ4v) is 3.26. The summed E-state index contributed by atoms with van der Waals surface area (Å²) in [4.78, 5) is 24.0. The molecule has 0 spiro atoms. The van der Waals surface area contributed by atoms with Gasteiger partial charge in [-0.15, -0.1) is 0 Å². The van der Waals surface area contributed by atoms with Crippen LogP contribution in [0.4, 0.5) is 0 Å². The van der Waals surface area contributed by atoms with Crippen molar-refractivity contribution >= 4 is 35.1 Å². The summed E-state index contributed by atoms with van der Waals surface area (Å²) in [5.74, 6) is 0.0628. The van der Waals surface area contributed by atoms with Gasteiger partial charge in [-0.2, -0.15) is 0 Å². The van der Waals surface area contributed by atoms with E-state index in [2.05, 4.69) is 19.2 Å². The van der Waals surface area contributed by atoms with E-state index in [0.29, 0.717) is 16.9 Å². The zero-order chi connectivity index (χ0) is 17.0. The molecule has 0 unspecified atom stereocenters. The molecule has 1 aliphatic carbocycles. The molecule has 126 valence electrons. The number of esters is 1. The van der Waals surface area contributed by atoms with Gasteiger partial charge in [0.05, 0.1) is 10.6 Å². The van der Waals surface area contributed by atoms with Gasteiger partial charge in [0.25, 0.3) is 5.91 Å². The molecule has 0 bridgehead atoms. The molecule has 1 aliphatic rings. The van der Waals surface area contributed by atoms with Crippen LogP contribution in [0.25, 0.3) is 0 Å². The van der Waals surface area contributed by atoms with E-state index in [1.165, 1.54) is 18.6 Å². The molecule has 3 atom stereocenters. The summed E-state index contributed by atoms with van der Waals surface area (Å²) in [6.07, 6.45) is 3.26. The first kappa shape index (κ1) is 18.1. The number of benzene rings is 1. The van der Waals surface area contributed by atoms with E-state index in [0.717, 1.165) is 12.8 Å². The van der Waals surface area contributed by atoms with Crippen molar-refractivity contribution in [1.82, 2.24) is 5.32 Å². The standard InChI is InChI=1S/C17H21Cl2NO3/c1-10-4-3-5-15(11(10)2)20-16(21)9-23-17(22)13-8-12(18)6-7-14(13)19/h6-8,10-11,15H,3-5,9H2,1-2H3,(H,20,21)/t10-,11-,15-/m1/s1. The number of carbonyl (C=O) groups is 2. The van der Waals surface area contributed by atoms with Crippen molar-refractivity contribution in [2.75, 3.05) is 6.61 Å². The molecule has 0 radical (unpaired) electrons. The Morgan fingerprint density at radius 1 is 1.26 bits per heavy atom. The van der Waals surface area contributed by atoms with Crippen molar-refractivity contribution < 1.29 is 14.3 Å². The SMILES string of the molecule is C[C@@H]1[C@H](C)CCC[C@H]1NC(=O)COC(=O)c1cc(Cl)ccc1Cl. The van der Waals surface area contributed by atoms with Crippen LogP contribution in [0.5, 0.6) is 0 Å². The number of hydrogen-bond donors (Lipinski definition) is 1. The van der Waals surface area contributed by atoms with Gasteiger partial charge in [0.15, 0.2) is 6.61 Å². The first-order chi connectivity index (χ1) is 10.9.